The second kappa shape index (κ2) is 6.68. The fourth-order valence-electron chi connectivity index (χ4n) is 2.62. The first kappa shape index (κ1) is 15.5. The van der Waals surface area contributed by atoms with Gasteiger partial charge >= 0.3 is 0 Å². The number of rotatable bonds is 4. The number of allylic oxidation sites excluding steroid dienone is 1. The van der Waals surface area contributed by atoms with E-state index in [-0.39, 0.29) is 11.9 Å². The molecular formula is C17H25FOSi. The normalized spacial score (nSPS) is 17.9. The molecule has 1 aliphatic carbocycles. The molecule has 0 spiro atoms. The zero-order valence-corrected chi connectivity index (χ0v) is 13.8. The van der Waals surface area contributed by atoms with Crippen LogP contribution in [0.2, 0.25) is 19.6 Å². The summed E-state index contributed by atoms with van der Waals surface area (Å²) in [6.45, 7) is 6.59. The van der Waals surface area contributed by atoms with Crippen LogP contribution in [0.15, 0.2) is 35.9 Å². The van der Waals surface area contributed by atoms with Crippen molar-refractivity contribution in [3.8, 4) is 0 Å². The predicted molar refractivity (Wildman–Crippen MR) is 84.7 cm³/mol. The van der Waals surface area contributed by atoms with E-state index >= 15 is 0 Å². The van der Waals surface area contributed by atoms with Gasteiger partial charge in [-0.15, -0.1) is 0 Å². The molecule has 0 radical (unpaired) electrons. The van der Waals surface area contributed by atoms with E-state index in [1.807, 2.05) is 12.1 Å². The Hall–Kier alpha value is -0.933. The smallest absolute Gasteiger partial charge is 0.185 e. The van der Waals surface area contributed by atoms with E-state index in [1.54, 1.807) is 0 Å². The topological polar surface area (TPSA) is 9.23 Å². The molecule has 0 heterocycles. The summed E-state index contributed by atoms with van der Waals surface area (Å²) in [6, 6.07) is 6.74. The van der Waals surface area contributed by atoms with Crippen LogP contribution in [0, 0.1) is 5.82 Å². The fraction of sp³-hybridized carbons (Fsp3) is 0.529. The van der Waals surface area contributed by atoms with Crippen LogP contribution in [0.4, 0.5) is 4.39 Å². The zero-order chi connectivity index (χ0) is 14.6. The minimum atomic E-state index is -1.64. The van der Waals surface area contributed by atoms with Crippen molar-refractivity contribution in [2.45, 2.75) is 57.8 Å². The van der Waals surface area contributed by atoms with E-state index in [4.69, 9.17) is 4.43 Å². The van der Waals surface area contributed by atoms with Crippen LogP contribution in [-0.2, 0) is 4.43 Å². The lowest BCUT2D eigenvalue weighted by Gasteiger charge is -2.26. The molecule has 110 valence electrons. The van der Waals surface area contributed by atoms with Crippen molar-refractivity contribution in [2.75, 3.05) is 0 Å². The highest BCUT2D eigenvalue weighted by atomic mass is 28.4. The molecule has 1 atom stereocenters. The van der Waals surface area contributed by atoms with Gasteiger partial charge in [-0.1, -0.05) is 30.2 Å². The summed E-state index contributed by atoms with van der Waals surface area (Å²) in [5.74, 6) is -0.189. The van der Waals surface area contributed by atoms with Crippen LogP contribution >= 0.6 is 0 Å². The Kier molecular flexibility index (Phi) is 5.16. The van der Waals surface area contributed by atoms with Gasteiger partial charge in [0.05, 0.1) is 6.10 Å². The van der Waals surface area contributed by atoms with Crippen molar-refractivity contribution < 1.29 is 8.82 Å². The van der Waals surface area contributed by atoms with Crippen molar-refractivity contribution in [1.82, 2.24) is 0 Å². The highest BCUT2D eigenvalue weighted by molar-refractivity contribution is 6.69. The van der Waals surface area contributed by atoms with Crippen LogP contribution in [-0.4, -0.2) is 8.32 Å². The Morgan fingerprint density at radius 2 is 1.65 bits per heavy atom. The summed E-state index contributed by atoms with van der Waals surface area (Å²) in [5.41, 5.74) is 2.57. The average Bonchev–Trinajstić information content (AvgIpc) is 2.38. The Balaban J connectivity index is 2.21. The molecule has 0 bridgehead atoms. The molecule has 3 heteroatoms. The lowest BCUT2D eigenvalue weighted by Crippen LogP contribution is -2.27. The van der Waals surface area contributed by atoms with E-state index in [9.17, 15) is 4.39 Å². The van der Waals surface area contributed by atoms with Gasteiger partial charge in [0.2, 0.25) is 0 Å². The molecule has 0 aromatic heterocycles. The summed E-state index contributed by atoms with van der Waals surface area (Å²) in [7, 11) is -1.64. The Morgan fingerprint density at radius 1 is 1.05 bits per heavy atom. The van der Waals surface area contributed by atoms with Crippen LogP contribution in [0.5, 0.6) is 0 Å². The standard InChI is InChI=1S/C17H25FOSi/c1-20(2,3)19-17(13-14-7-5-4-6-8-14)15-9-11-16(18)12-10-15/h9-13,17H,4-8H2,1-3H3. The van der Waals surface area contributed by atoms with E-state index in [2.05, 4.69) is 25.7 Å². The SMILES string of the molecule is C[Si](C)(C)OC(C=C1CCCCC1)c1ccc(F)cc1. The van der Waals surface area contributed by atoms with Gasteiger partial charge in [-0.2, -0.15) is 0 Å². The lowest BCUT2D eigenvalue weighted by atomic mass is 9.93. The zero-order valence-electron chi connectivity index (χ0n) is 12.8. The average molecular weight is 292 g/mol. The first-order chi connectivity index (χ1) is 9.44. The van der Waals surface area contributed by atoms with Gasteiger partial charge in [-0.25, -0.2) is 4.39 Å². The van der Waals surface area contributed by atoms with Gasteiger partial charge in [-0.3, -0.25) is 0 Å². The van der Waals surface area contributed by atoms with E-state index in [1.165, 1.54) is 49.8 Å². The summed E-state index contributed by atoms with van der Waals surface area (Å²) in [5, 5.41) is 0. The maximum Gasteiger partial charge on any atom is 0.185 e. The minimum absolute atomic E-state index is 0.0182. The van der Waals surface area contributed by atoms with Crippen LogP contribution in [0.1, 0.15) is 43.8 Å². The third kappa shape index (κ3) is 4.87. The molecule has 1 aromatic carbocycles. The number of hydrogen-bond donors (Lipinski definition) is 0. The molecule has 0 saturated heterocycles. The van der Waals surface area contributed by atoms with Gasteiger partial charge in [-0.05, 0) is 63.0 Å². The third-order valence-electron chi connectivity index (χ3n) is 3.56. The Morgan fingerprint density at radius 3 is 2.20 bits per heavy atom. The van der Waals surface area contributed by atoms with Crippen molar-refractivity contribution >= 4 is 8.32 Å². The maximum absolute atomic E-state index is 13.1. The second-order valence-corrected chi connectivity index (χ2v) is 11.0. The molecule has 1 unspecified atom stereocenters. The number of hydrogen-bond acceptors (Lipinski definition) is 1. The van der Waals surface area contributed by atoms with Crippen LogP contribution in [0.3, 0.4) is 0 Å². The predicted octanol–water partition coefficient (Wildman–Crippen LogP) is 5.61. The van der Waals surface area contributed by atoms with E-state index in [0.29, 0.717) is 0 Å². The molecule has 2 rings (SSSR count). The summed E-state index contributed by atoms with van der Waals surface area (Å²) < 4.78 is 19.4. The summed E-state index contributed by atoms with van der Waals surface area (Å²) >= 11 is 0. The van der Waals surface area contributed by atoms with Crippen LogP contribution in [0.25, 0.3) is 0 Å². The third-order valence-corrected chi connectivity index (χ3v) is 4.52. The summed E-state index contributed by atoms with van der Waals surface area (Å²) in [4.78, 5) is 0. The van der Waals surface area contributed by atoms with E-state index in [0.717, 1.165) is 5.56 Å². The number of benzene rings is 1. The molecular weight excluding hydrogens is 267 g/mol. The van der Waals surface area contributed by atoms with Gasteiger partial charge in [0.15, 0.2) is 8.32 Å². The monoisotopic (exact) mass is 292 g/mol. The van der Waals surface area contributed by atoms with Crippen LogP contribution < -0.4 is 0 Å². The Bertz CT molecular complexity index is 451. The second-order valence-electron chi connectivity index (χ2n) is 6.59. The molecule has 20 heavy (non-hydrogen) atoms. The van der Waals surface area contributed by atoms with Gasteiger partial charge in [0.1, 0.15) is 5.82 Å². The minimum Gasteiger partial charge on any atom is -0.407 e. The largest absolute Gasteiger partial charge is 0.407 e. The lowest BCUT2D eigenvalue weighted by molar-refractivity contribution is 0.246. The molecule has 1 saturated carbocycles. The maximum atomic E-state index is 13.1. The highest BCUT2D eigenvalue weighted by Gasteiger charge is 2.22. The molecule has 0 amide bonds. The Labute approximate surface area is 123 Å². The van der Waals surface area contributed by atoms with Crippen molar-refractivity contribution in [3.63, 3.8) is 0 Å². The quantitative estimate of drug-likeness (QED) is 0.518. The molecule has 1 aromatic rings. The van der Waals surface area contributed by atoms with Crippen molar-refractivity contribution in [1.29, 1.82) is 0 Å². The molecule has 0 aliphatic heterocycles. The van der Waals surface area contributed by atoms with Gasteiger partial charge < -0.3 is 4.43 Å². The molecule has 0 N–H and O–H groups in total. The van der Waals surface area contributed by atoms with Gasteiger partial charge in [0, 0.05) is 0 Å². The first-order valence-corrected chi connectivity index (χ1v) is 11.0. The number of halogens is 1. The molecule has 1 fully saturated rings. The molecule has 1 aliphatic rings. The summed E-state index contributed by atoms with van der Waals surface area (Å²) in [6.07, 6.45) is 8.55. The molecule has 1 nitrogen and oxygen atoms in total. The first-order valence-electron chi connectivity index (χ1n) is 7.57. The van der Waals surface area contributed by atoms with Crippen molar-refractivity contribution in [2.24, 2.45) is 0 Å². The van der Waals surface area contributed by atoms with E-state index < -0.39 is 8.32 Å². The fourth-order valence-corrected chi connectivity index (χ4v) is 3.58. The van der Waals surface area contributed by atoms with Crippen molar-refractivity contribution in [3.05, 3.63) is 47.3 Å². The highest BCUT2D eigenvalue weighted by Crippen LogP contribution is 2.30. The van der Waals surface area contributed by atoms with Gasteiger partial charge in [0.25, 0.3) is 0 Å².